The summed E-state index contributed by atoms with van der Waals surface area (Å²) in [6.45, 7) is 5.24. The Morgan fingerprint density at radius 2 is 1.67 bits per heavy atom. The van der Waals surface area contributed by atoms with Crippen LogP contribution in [0.4, 0.5) is 0 Å². The molecule has 1 amide bonds. The van der Waals surface area contributed by atoms with Crippen molar-refractivity contribution in [2.75, 3.05) is 7.05 Å². The fourth-order valence-electron chi connectivity index (χ4n) is 2.61. The van der Waals surface area contributed by atoms with E-state index >= 15 is 0 Å². The lowest BCUT2D eigenvalue weighted by molar-refractivity contribution is -0.134. The molecule has 0 aliphatic heterocycles. The van der Waals surface area contributed by atoms with Crippen LogP contribution in [0.25, 0.3) is 0 Å². The Morgan fingerprint density at radius 3 is 2.17 bits per heavy atom. The molecule has 0 aromatic rings. The molecule has 0 spiro atoms. The molecule has 2 unspecified atom stereocenters. The average Bonchev–Trinajstić information content (AvgIpc) is 2.35. The molecule has 0 heterocycles. The van der Waals surface area contributed by atoms with Crippen LogP contribution in [0.1, 0.15) is 46.5 Å². The number of aliphatic carboxylic acids is 1. The van der Waals surface area contributed by atoms with Gasteiger partial charge in [0.25, 0.3) is 0 Å². The van der Waals surface area contributed by atoms with Gasteiger partial charge < -0.3 is 10.0 Å². The van der Waals surface area contributed by atoms with Gasteiger partial charge in [0.15, 0.2) is 0 Å². The van der Waals surface area contributed by atoms with Gasteiger partial charge in [-0.1, -0.05) is 19.8 Å². The SMILES string of the molecule is CC(C(=O)O)=C(C)C(=O)N(C)C1CCCCC1C. The van der Waals surface area contributed by atoms with Crippen molar-refractivity contribution in [3.8, 4) is 0 Å². The van der Waals surface area contributed by atoms with Crippen LogP contribution in [0.5, 0.6) is 0 Å². The van der Waals surface area contributed by atoms with E-state index in [2.05, 4.69) is 6.92 Å². The number of carboxylic acid groups (broad SMARTS) is 1. The Bertz CT molecular complexity index is 373. The number of carbonyl (C=O) groups excluding carboxylic acids is 1. The molecule has 1 fully saturated rings. The minimum absolute atomic E-state index is 0.135. The molecule has 0 saturated heterocycles. The predicted octanol–water partition coefficient (Wildman–Crippen LogP) is 2.44. The van der Waals surface area contributed by atoms with Gasteiger partial charge in [-0.15, -0.1) is 0 Å². The first kappa shape index (κ1) is 14.7. The number of nitrogens with zero attached hydrogens (tertiary/aromatic N) is 1. The second-order valence-electron chi connectivity index (χ2n) is 5.30. The first-order valence-corrected chi connectivity index (χ1v) is 6.54. The van der Waals surface area contributed by atoms with E-state index in [9.17, 15) is 9.59 Å². The van der Waals surface area contributed by atoms with Gasteiger partial charge in [0.2, 0.25) is 5.91 Å². The molecule has 18 heavy (non-hydrogen) atoms. The average molecular weight is 253 g/mol. The summed E-state index contributed by atoms with van der Waals surface area (Å²) < 4.78 is 0. The summed E-state index contributed by atoms with van der Waals surface area (Å²) in [7, 11) is 1.79. The van der Waals surface area contributed by atoms with Crippen LogP contribution in [-0.4, -0.2) is 35.0 Å². The van der Waals surface area contributed by atoms with Crippen LogP contribution in [0.3, 0.4) is 0 Å². The molecule has 4 heteroatoms. The molecule has 1 aliphatic carbocycles. The van der Waals surface area contributed by atoms with Gasteiger partial charge >= 0.3 is 5.97 Å². The molecule has 0 radical (unpaired) electrons. The largest absolute Gasteiger partial charge is 0.478 e. The van der Waals surface area contributed by atoms with Crippen molar-refractivity contribution >= 4 is 11.9 Å². The van der Waals surface area contributed by atoms with Crippen LogP contribution in [-0.2, 0) is 9.59 Å². The molecular weight excluding hydrogens is 230 g/mol. The fourth-order valence-corrected chi connectivity index (χ4v) is 2.61. The number of hydrogen-bond donors (Lipinski definition) is 1. The molecule has 0 aromatic heterocycles. The monoisotopic (exact) mass is 253 g/mol. The van der Waals surface area contributed by atoms with E-state index in [-0.39, 0.29) is 17.5 Å². The Labute approximate surface area is 109 Å². The van der Waals surface area contributed by atoms with Gasteiger partial charge in [-0.25, -0.2) is 4.79 Å². The first-order valence-electron chi connectivity index (χ1n) is 6.54. The smallest absolute Gasteiger partial charge is 0.331 e. The van der Waals surface area contributed by atoms with E-state index in [0.717, 1.165) is 19.3 Å². The molecule has 4 nitrogen and oxygen atoms in total. The first-order chi connectivity index (χ1) is 8.36. The van der Waals surface area contributed by atoms with Crippen molar-refractivity contribution in [1.29, 1.82) is 0 Å². The number of carbonyl (C=O) groups is 2. The number of hydrogen-bond acceptors (Lipinski definition) is 2. The summed E-state index contributed by atoms with van der Waals surface area (Å²) in [5.74, 6) is -0.690. The van der Waals surface area contributed by atoms with E-state index in [0.29, 0.717) is 11.5 Å². The Kier molecular flexibility index (Phi) is 4.93. The second-order valence-corrected chi connectivity index (χ2v) is 5.30. The van der Waals surface area contributed by atoms with E-state index in [1.807, 2.05) is 0 Å². The van der Waals surface area contributed by atoms with Crippen LogP contribution >= 0.6 is 0 Å². The number of amides is 1. The summed E-state index contributed by atoms with van der Waals surface area (Å²) in [6.07, 6.45) is 4.53. The highest BCUT2D eigenvalue weighted by Crippen LogP contribution is 2.28. The third-order valence-electron chi connectivity index (χ3n) is 4.09. The van der Waals surface area contributed by atoms with Crippen molar-refractivity contribution < 1.29 is 14.7 Å². The van der Waals surface area contributed by atoms with Crippen LogP contribution in [0.2, 0.25) is 0 Å². The van der Waals surface area contributed by atoms with Crippen molar-refractivity contribution in [3.05, 3.63) is 11.1 Å². The van der Waals surface area contributed by atoms with Gasteiger partial charge in [-0.05, 0) is 32.6 Å². The van der Waals surface area contributed by atoms with Crippen molar-refractivity contribution in [2.45, 2.75) is 52.5 Å². The van der Waals surface area contributed by atoms with E-state index < -0.39 is 5.97 Å². The molecule has 1 rings (SSSR count). The molecule has 2 atom stereocenters. The summed E-state index contributed by atoms with van der Waals surface area (Å²) in [6, 6.07) is 0.239. The number of likely N-dealkylation sites (N-methyl/N-ethyl adjacent to an activating group) is 1. The minimum Gasteiger partial charge on any atom is -0.478 e. The topological polar surface area (TPSA) is 57.6 Å². The van der Waals surface area contributed by atoms with Gasteiger partial charge in [0, 0.05) is 24.2 Å². The van der Waals surface area contributed by atoms with Crippen LogP contribution in [0, 0.1) is 5.92 Å². The highest BCUT2D eigenvalue weighted by Gasteiger charge is 2.29. The zero-order valence-electron chi connectivity index (χ0n) is 11.7. The molecule has 0 bridgehead atoms. The van der Waals surface area contributed by atoms with Gasteiger partial charge in [-0.2, -0.15) is 0 Å². The molecule has 1 aliphatic rings. The Hall–Kier alpha value is -1.32. The second kappa shape index (κ2) is 6.03. The third kappa shape index (κ3) is 3.12. The van der Waals surface area contributed by atoms with Gasteiger partial charge in [0.05, 0.1) is 0 Å². The maximum absolute atomic E-state index is 12.2. The number of rotatable bonds is 3. The van der Waals surface area contributed by atoms with Crippen molar-refractivity contribution in [3.63, 3.8) is 0 Å². The molecular formula is C14H23NO3. The number of carboxylic acids is 1. The molecule has 1 saturated carbocycles. The summed E-state index contributed by atoms with van der Waals surface area (Å²) in [5.41, 5.74) is 0.470. The normalized spacial score (nSPS) is 25.3. The van der Waals surface area contributed by atoms with Crippen LogP contribution in [0.15, 0.2) is 11.1 Å². The minimum atomic E-state index is -1.02. The standard InChI is InChI=1S/C14H23NO3/c1-9-7-5-6-8-12(9)15(4)13(16)10(2)11(3)14(17)18/h9,12H,5-8H2,1-4H3,(H,17,18). The summed E-state index contributed by atoms with van der Waals surface area (Å²) >= 11 is 0. The lowest BCUT2D eigenvalue weighted by atomic mass is 9.85. The molecule has 102 valence electrons. The summed E-state index contributed by atoms with van der Waals surface area (Å²) in [4.78, 5) is 24.8. The van der Waals surface area contributed by atoms with E-state index in [1.165, 1.54) is 13.3 Å². The molecule has 1 N–H and O–H groups in total. The highest BCUT2D eigenvalue weighted by atomic mass is 16.4. The Balaban J connectivity index is 2.83. The maximum Gasteiger partial charge on any atom is 0.331 e. The zero-order chi connectivity index (χ0) is 13.9. The highest BCUT2D eigenvalue weighted by molar-refractivity contribution is 6.01. The van der Waals surface area contributed by atoms with Crippen molar-refractivity contribution in [1.82, 2.24) is 4.90 Å². The maximum atomic E-state index is 12.2. The van der Waals surface area contributed by atoms with Crippen molar-refractivity contribution in [2.24, 2.45) is 5.92 Å². The third-order valence-corrected chi connectivity index (χ3v) is 4.09. The quantitative estimate of drug-likeness (QED) is 0.786. The van der Waals surface area contributed by atoms with E-state index in [4.69, 9.17) is 5.11 Å². The summed E-state index contributed by atoms with van der Waals surface area (Å²) in [5, 5.41) is 8.92. The van der Waals surface area contributed by atoms with E-state index in [1.54, 1.807) is 18.9 Å². The fraction of sp³-hybridized carbons (Fsp3) is 0.714. The zero-order valence-corrected chi connectivity index (χ0v) is 11.7. The van der Waals surface area contributed by atoms with Gasteiger partial charge in [0.1, 0.15) is 0 Å². The Morgan fingerprint density at radius 1 is 1.11 bits per heavy atom. The lowest BCUT2D eigenvalue weighted by Gasteiger charge is -2.36. The predicted molar refractivity (Wildman–Crippen MR) is 70.2 cm³/mol. The van der Waals surface area contributed by atoms with Gasteiger partial charge in [-0.3, -0.25) is 4.79 Å². The molecule has 0 aromatic carbocycles. The van der Waals surface area contributed by atoms with Crippen LogP contribution < -0.4 is 0 Å². The lowest BCUT2D eigenvalue weighted by Crippen LogP contribution is -2.43.